The molecule has 4 heteroatoms. The predicted octanol–water partition coefficient (Wildman–Crippen LogP) is 5.12. The molecule has 0 unspecified atom stereocenters. The van der Waals surface area contributed by atoms with Crippen molar-refractivity contribution in [2.45, 2.75) is 39.7 Å². The summed E-state index contributed by atoms with van der Waals surface area (Å²) in [7, 11) is 0. The number of thiazole rings is 1. The summed E-state index contributed by atoms with van der Waals surface area (Å²) in [5.41, 5.74) is 3.66. The summed E-state index contributed by atoms with van der Waals surface area (Å²) >= 11 is 5.23. The van der Waals surface area contributed by atoms with Crippen LogP contribution in [0.4, 0.5) is 5.69 Å². The molecule has 0 saturated carbocycles. The minimum Gasteiger partial charge on any atom is -0.379 e. The zero-order valence-corrected chi connectivity index (χ0v) is 14.2. The van der Waals surface area contributed by atoms with Crippen molar-refractivity contribution in [3.8, 4) is 0 Å². The van der Waals surface area contributed by atoms with Crippen molar-refractivity contribution >= 4 is 33.0 Å². The quantitative estimate of drug-likeness (QED) is 0.839. The van der Waals surface area contributed by atoms with E-state index < -0.39 is 0 Å². The Morgan fingerprint density at radius 3 is 2.63 bits per heavy atom. The Hall–Kier alpha value is -0.870. The Bertz CT molecular complexity index is 570. The Balaban J connectivity index is 2.02. The van der Waals surface area contributed by atoms with E-state index in [0.717, 1.165) is 21.7 Å². The van der Waals surface area contributed by atoms with Crippen LogP contribution in [0, 0.1) is 6.92 Å². The second-order valence-corrected chi connectivity index (χ2v) is 7.49. The average Bonchev–Trinajstić information content (AvgIpc) is 2.79. The maximum absolute atomic E-state index is 4.68. The maximum atomic E-state index is 4.68. The Labute approximate surface area is 127 Å². The zero-order chi connectivity index (χ0) is 14.0. The number of hydrogen-bond acceptors (Lipinski definition) is 3. The molecule has 19 heavy (non-hydrogen) atoms. The molecule has 2 aromatic rings. The van der Waals surface area contributed by atoms with Gasteiger partial charge < -0.3 is 5.32 Å². The van der Waals surface area contributed by atoms with Gasteiger partial charge in [-0.2, -0.15) is 0 Å². The first kappa shape index (κ1) is 14.5. The molecular weight excluding hydrogens is 320 g/mol. The normalized spacial score (nSPS) is 11.6. The van der Waals surface area contributed by atoms with Crippen molar-refractivity contribution in [2.75, 3.05) is 5.32 Å². The number of nitrogens with zero attached hydrogens (tertiary/aromatic N) is 1. The van der Waals surface area contributed by atoms with Crippen LogP contribution in [-0.2, 0) is 12.0 Å². The minimum absolute atomic E-state index is 0.128. The summed E-state index contributed by atoms with van der Waals surface area (Å²) in [6.45, 7) is 9.45. The van der Waals surface area contributed by atoms with Crippen LogP contribution < -0.4 is 5.32 Å². The van der Waals surface area contributed by atoms with Crippen molar-refractivity contribution in [3.63, 3.8) is 0 Å². The topological polar surface area (TPSA) is 24.9 Å². The maximum Gasteiger partial charge on any atom is 0.112 e. The molecule has 1 N–H and O–H groups in total. The van der Waals surface area contributed by atoms with Gasteiger partial charge in [0.05, 0.1) is 12.2 Å². The minimum atomic E-state index is 0.128. The molecule has 0 radical (unpaired) electrons. The van der Waals surface area contributed by atoms with Crippen LogP contribution in [0.5, 0.6) is 0 Å². The van der Waals surface area contributed by atoms with Gasteiger partial charge in [-0.1, -0.05) is 36.7 Å². The van der Waals surface area contributed by atoms with Crippen LogP contribution in [0.3, 0.4) is 0 Å². The third-order valence-corrected chi connectivity index (χ3v) is 4.66. The third-order valence-electron chi connectivity index (χ3n) is 2.92. The number of hydrogen-bond donors (Lipinski definition) is 1. The number of rotatable bonds is 3. The molecule has 1 heterocycles. The lowest BCUT2D eigenvalue weighted by atomic mass is 9.93. The number of aryl methyl sites for hydroxylation is 1. The summed E-state index contributed by atoms with van der Waals surface area (Å²) < 4.78 is 1.14. The molecule has 0 atom stereocenters. The molecule has 1 aromatic carbocycles. The van der Waals surface area contributed by atoms with E-state index in [9.17, 15) is 0 Å². The highest BCUT2D eigenvalue weighted by Crippen LogP contribution is 2.25. The molecule has 0 saturated heterocycles. The molecule has 0 aliphatic carbocycles. The average molecular weight is 339 g/mol. The SMILES string of the molecule is Cc1cc(NCc2nc(C(C)(C)C)cs2)ccc1Br. The lowest BCUT2D eigenvalue weighted by Crippen LogP contribution is -2.11. The summed E-state index contributed by atoms with van der Waals surface area (Å²) in [6.07, 6.45) is 0. The van der Waals surface area contributed by atoms with Crippen LogP contribution >= 0.6 is 27.3 Å². The van der Waals surface area contributed by atoms with Gasteiger partial charge in [-0.3, -0.25) is 0 Å². The molecule has 2 rings (SSSR count). The Morgan fingerprint density at radius 2 is 2.05 bits per heavy atom. The fourth-order valence-corrected chi connectivity index (χ4v) is 2.88. The van der Waals surface area contributed by atoms with Gasteiger partial charge in [-0.15, -0.1) is 11.3 Å². The molecule has 1 aromatic heterocycles. The Morgan fingerprint density at radius 1 is 1.32 bits per heavy atom. The van der Waals surface area contributed by atoms with Gasteiger partial charge in [0, 0.05) is 21.0 Å². The first-order valence-corrected chi connectivity index (χ1v) is 7.98. The van der Waals surface area contributed by atoms with Gasteiger partial charge in [0.1, 0.15) is 5.01 Å². The van der Waals surface area contributed by atoms with E-state index in [1.807, 2.05) is 0 Å². The van der Waals surface area contributed by atoms with Gasteiger partial charge >= 0.3 is 0 Å². The number of benzene rings is 1. The smallest absolute Gasteiger partial charge is 0.112 e. The monoisotopic (exact) mass is 338 g/mol. The lowest BCUT2D eigenvalue weighted by Gasteiger charge is -2.14. The van der Waals surface area contributed by atoms with Crippen molar-refractivity contribution in [3.05, 3.63) is 44.3 Å². The Kier molecular flexibility index (Phi) is 4.31. The van der Waals surface area contributed by atoms with Crippen molar-refractivity contribution in [1.29, 1.82) is 0 Å². The summed E-state index contributed by atoms with van der Waals surface area (Å²) in [6, 6.07) is 6.29. The molecule has 2 nitrogen and oxygen atoms in total. The van der Waals surface area contributed by atoms with Crippen LogP contribution in [-0.4, -0.2) is 4.98 Å². The lowest BCUT2D eigenvalue weighted by molar-refractivity contribution is 0.571. The van der Waals surface area contributed by atoms with Crippen LogP contribution in [0.1, 0.15) is 37.0 Å². The molecular formula is C15H19BrN2S. The van der Waals surface area contributed by atoms with Gasteiger partial charge in [-0.05, 0) is 30.7 Å². The molecule has 0 aliphatic rings. The summed E-state index contributed by atoms with van der Waals surface area (Å²) in [5, 5.41) is 6.71. The van der Waals surface area contributed by atoms with Crippen molar-refractivity contribution in [1.82, 2.24) is 4.98 Å². The second-order valence-electron chi connectivity index (χ2n) is 5.69. The van der Waals surface area contributed by atoms with Gasteiger partial charge in [0.15, 0.2) is 0 Å². The van der Waals surface area contributed by atoms with Gasteiger partial charge in [0.2, 0.25) is 0 Å². The first-order chi connectivity index (χ1) is 8.86. The fourth-order valence-electron chi connectivity index (χ4n) is 1.67. The van der Waals surface area contributed by atoms with Crippen molar-refractivity contribution < 1.29 is 0 Å². The van der Waals surface area contributed by atoms with E-state index in [1.165, 1.54) is 11.3 Å². The van der Waals surface area contributed by atoms with Crippen LogP contribution in [0.2, 0.25) is 0 Å². The largest absolute Gasteiger partial charge is 0.379 e. The standard InChI is InChI=1S/C15H19BrN2S/c1-10-7-11(5-6-12(10)16)17-8-14-18-13(9-19-14)15(2,3)4/h5-7,9,17H,8H2,1-4H3. The van der Waals surface area contributed by atoms with E-state index in [2.05, 4.69) is 77.5 Å². The number of halogens is 1. The van der Waals surface area contributed by atoms with Crippen LogP contribution in [0.25, 0.3) is 0 Å². The second kappa shape index (κ2) is 5.63. The molecule has 0 fully saturated rings. The van der Waals surface area contributed by atoms with Gasteiger partial charge in [-0.25, -0.2) is 4.98 Å². The summed E-state index contributed by atoms with van der Waals surface area (Å²) in [4.78, 5) is 4.68. The predicted molar refractivity (Wildman–Crippen MR) is 87.0 cm³/mol. The van der Waals surface area contributed by atoms with E-state index in [1.54, 1.807) is 11.3 Å². The fraction of sp³-hybridized carbons (Fsp3) is 0.400. The van der Waals surface area contributed by atoms with E-state index in [-0.39, 0.29) is 5.41 Å². The van der Waals surface area contributed by atoms with E-state index >= 15 is 0 Å². The van der Waals surface area contributed by atoms with Crippen LogP contribution in [0.15, 0.2) is 28.1 Å². The zero-order valence-electron chi connectivity index (χ0n) is 11.7. The summed E-state index contributed by atoms with van der Waals surface area (Å²) in [5.74, 6) is 0. The molecule has 0 amide bonds. The van der Waals surface area contributed by atoms with Crippen molar-refractivity contribution in [2.24, 2.45) is 0 Å². The molecule has 0 spiro atoms. The van der Waals surface area contributed by atoms with E-state index in [0.29, 0.717) is 0 Å². The molecule has 0 bridgehead atoms. The number of nitrogens with one attached hydrogen (secondary N) is 1. The van der Waals surface area contributed by atoms with E-state index in [4.69, 9.17) is 0 Å². The molecule has 102 valence electrons. The number of anilines is 1. The first-order valence-electron chi connectivity index (χ1n) is 6.31. The highest BCUT2D eigenvalue weighted by atomic mass is 79.9. The molecule has 0 aliphatic heterocycles. The third kappa shape index (κ3) is 3.80. The highest BCUT2D eigenvalue weighted by molar-refractivity contribution is 9.10. The van der Waals surface area contributed by atoms with Gasteiger partial charge in [0.25, 0.3) is 0 Å². The number of aromatic nitrogens is 1. The highest BCUT2D eigenvalue weighted by Gasteiger charge is 2.17.